The average Bonchev–Trinajstić information content (AvgIpc) is 2.54. The predicted octanol–water partition coefficient (Wildman–Crippen LogP) is 3.24. The average molecular weight is 308 g/mol. The zero-order valence-corrected chi connectivity index (χ0v) is 13.6. The molecule has 0 radical (unpaired) electrons. The molecule has 1 aliphatic rings. The molecule has 1 aromatic heterocycles. The lowest BCUT2D eigenvalue weighted by atomic mass is 9.85. The van der Waals surface area contributed by atoms with Gasteiger partial charge < -0.3 is 10.1 Å². The highest BCUT2D eigenvalue weighted by molar-refractivity contribution is 6.07. The van der Waals surface area contributed by atoms with Crippen molar-refractivity contribution in [3.05, 3.63) is 65.5 Å². The number of carbonyl (C=O) groups is 1. The maximum absolute atomic E-state index is 12.5. The number of hydrogen-bond acceptors (Lipinski definition) is 4. The van der Waals surface area contributed by atoms with Crippen molar-refractivity contribution in [2.75, 3.05) is 7.11 Å². The van der Waals surface area contributed by atoms with Gasteiger partial charge in [0.1, 0.15) is 11.4 Å². The summed E-state index contributed by atoms with van der Waals surface area (Å²) in [4.78, 5) is 16.6. The number of nitrogens with one attached hydrogen (secondary N) is 1. The normalized spacial score (nSPS) is 17.3. The molecule has 0 amide bonds. The molecule has 0 spiro atoms. The van der Waals surface area contributed by atoms with Gasteiger partial charge in [0.25, 0.3) is 0 Å². The van der Waals surface area contributed by atoms with Gasteiger partial charge in [0.15, 0.2) is 0 Å². The first-order chi connectivity index (χ1) is 11.0. The molecule has 0 atom stereocenters. The minimum atomic E-state index is -0.113. The second-order valence-corrected chi connectivity index (χ2v) is 6.35. The Morgan fingerprint density at radius 3 is 2.83 bits per heavy atom. The molecular weight excluding hydrogens is 288 g/mol. The summed E-state index contributed by atoms with van der Waals surface area (Å²) in [5.41, 5.74) is 3.35. The van der Waals surface area contributed by atoms with Crippen LogP contribution in [0.15, 0.2) is 48.7 Å². The molecule has 0 unspecified atom stereocenters. The van der Waals surface area contributed by atoms with E-state index in [0.29, 0.717) is 5.69 Å². The second kappa shape index (κ2) is 5.88. The van der Waals surface area contributed by atoms with Crippen LogP contribution in [0.3, 0.4) is 0 Å². The molecule has 1 aliphatic heterocycles. The summed E-state index contributed by atoms with van der Waals surface area (Å²) in [5.74, 6) is 0.668. The number of allylic oxidation sites excluding steroid dienone is 1. The van der Waals surface area contributed by atoms with E-state index in [2.05, 4.69) is 30.2 Å². The first kappa shape index (κ1) is 15.3. The molecule has 118 valence electrons. The fourth-order valence-electron chi connectivity index (χ4n) is 2.87. The van der Waals surface area contributed by atoms with Gasteiger partial charge in [-0.2, -0.15) is 0 Å². The van der Waals surface area contributed by atoms with Crippen molar-refractivity contribution in [2.24, 2.45) is 0 Å². The van der Waals surface area contributed by atoms with Crippen molar-refractivity contribution < 1.29 is 9.53 Å². The first-order valence-electron chi connectivity index (χ1n) is 7.61. The van der Waals surface area contributed by atoms with Gasteiger partial charge in [-0.3, -0.25) is 9.78 Å². The molecule has 23 heavy (non-hydrogen) atoms. The molecule has 2 aromatic rings. The molecule has 4 heteroatoms. The number of rotatable bonds is 3. The van der Waals surface area contributed by atoms with Crippen molar-refractivity contribution in [1.82, 2.24) is 10.3 Å². The summed E-state index contributed by atoms with van der Waals surface area (Å²) in [6.45, 7) is 4.25. The number of aromatic nitrogens is 1. The molecule has 3 rings (SSSR count). The Kier molecular flexibility index (Phi) is 3.90. The van der Waals surface area contributed by atoms with Crippen LogP contribution in [0.2, 0.25) is 0 Å². The number of methoxy groups -OCH3 is 1. The van der Waals surface area contributed by atoms with Gasteiger partial charge >= 0.3 is 0 Å². The number of fused-ring (bicyclic) bond motifs is 1. The smallest absolute Gasteiger partial charge is 0.206 e. The van der Waals surface area contributed by atoms with Gasteiger partial charge in [-0.1, -0.05) is 12.1 Å². The number of nitrogens with zero attached hydrogens (tertiary/aromatic N) is 1. The lowest BCUT2D eigenvalue weighted by Crippen LogP contribution is -2.43. The van der Waals surface area contributed by atoms with Crippen LogP contribution in [0, 0.1) is 0 Å². The largest absolute Gasteiger partial charge is 0.497 e. The van der Waals surface area contributed by atoms with Gasteiger partial charge in [0.2, 0.25) is 5.78 Å². The summed E-state index contributed by atoms with van der Waals surface area (Å²) in [5, 5.41) is 3.46. The highest BCUT2D eigenvalue weighted by Gasteiger charge is 2.28. The minimum absolute atomic E-state index is 0.112. The third-order valence-electron chi connectivity index (χ3n) is 3.91. The zero-order chi connectivity index (χ0) is 16.4. The van der Waals surface area contributed by atoms with E-state index < -0.39 is 0 Å². The molecule has 1 N–H and O–H groups in total. The maximum Gasteiger partial charge on any atom is 0.206 e. The van der Waals surface area contributed by atoms with Gasteiger partial charge in [0.05, 0.1) is 7.11 Å². The maximum atomic E-state index is 12.5. The summed E-state index contributed by atoms with van der Waals surface area (Å²) in [6, 6.07) is 11.3. The van der Waals surface area contributed by atoms with E-state index in [1.807, 2.05) is 18.2 Å². The number of carbonyl (C=O) groups excluding carboxylic acids is 1. The molecule has 0 fully saturated rings. The Balaban J connectivity index is 2.05. The van der Waals surface area contributed by atoms with E-state index in [1.165, 1.54) is 5.56 Å². The number of hydrogen-bond donors (Lipinski definition) is 1. The van der Waals surface area contributed by atoms with E-state index in [0.717, 1.165) is 23.4 Å². The quantitative estimate of drug-likeness (QED) is 0.698. The molecule has 0 bridgehead atoms. The van der Waals surface area contributed by atoms with Gasteiger partial charge in [-0.05, 0) is 50.1 Å². The summed E-state index contributed by atoms with van der Waals surface area (Å²) in [6.07, 6.45) is 4.14. The number of ether oxygens (including phenoxy) is 1. The SMILES string of the molecule is COc1ccc2c(c1)/C(=C/C(=O)c1ccccn1)NC(C)(C)C2. The molecule has 0 aliphatic carbocycles. The van der Waals surface area contributed by atoms with Crippen molar-refractivity contribution in [2.45, 2.75) is 25.8 Å². The third kappa shape index (κ3) is 3.26. The van der Waals surface area contributed by atoms with Crippen LogP contribution in [-0.2, 0) is 6.42 Å². The Labute approximate surface area is 136 Å². The van der Waals surface area contributed by atoms with Gasteiger partial charge in [0, 0.05) is 29.1 Å². The number of ketones is 1. The van der Waals surface area contributed by atoms with E-state index >= 15 is 0 Å². The van der Waals surface area contributed by atoms with Crippen molar-refractivity contribution in [1.29, 1.82) is 0 Å². The van der Waals surface area contributed by atoms with E-state index in [-0.39, 0.29) is 11.3 Å². The highest BCUT2D eigenvalue weighted by atomic mass is 16.5. The van der Waals surface area contributed by atoms with Crippen LogP contribution in [0.4, 0.5) is 0 Å². The van der Waals surface area contributed by atoms with E-state index in [1.54, 1.807) is 31.5 Å². The van der Waals surface area contributed by atoms with Gasteiger partial charge in [-0.15, -0.1) is 0 Å². The predicted molar refractivity (Wildman–Crippen MR) is 90.5 cm³/mol. The molecule has 2 heterocycles. The molecule has 1 aromatic carbocycles. The summed E-state index contributed by atoms with van der Waals surface area (Å²) >= 11 is 0. The fraction of sp³-hybridized carbons (Fsp3) is 0.263. The lowest BCUT2D eigenvalue weighted by Gasteiger charge is -2.35. The third-order valence-corrected chi connectivity index (χ3v) is 3.91. The standard InChI is InChI=1S/C19H20N2O2/c1-19(2)12-13-7-8-14(23-3)10-15(13)17(21-19)11-18(22)16-6-4-5-9-20-16/h4-11,21H,12H2,1-3H3/b17-11-. The van der Waals surface area contributed by atoms with Crippen LogP contribution in [0.25, 0.3) is 5.70 Å². The van der Waals surface area contributed by atoms with Crippen molar-refractivity contribution >= 4 is 11.5 Å². The number of pyridine rings is 1. The Morgan fingerprint density at radius 1 is 1.30 bits per heavy atom. The molecule has 0 saturated heterocycles. The second-order valence-electron chi connectivity index (χ2n) is 6.35. The zero-order valence-electron chi connectivity index (χ0n) is 13.6. The summed E-state index contributed by atoms with van der Waals surface area (Å²) in [7, 11) is 1.64. The van der Waals surface area contributed by atoms with E-state index in [4.69, 9.17) is 4.74 Å². The molecular formula is C19H20N2O2. The van der Waals surface area contributed by atoms with Gasteiger partial charge in [-0.25, -0.2) is 0 Å². The Bertz CT molecular complexity index is 764. The lowest BCUT2D eigenvalue weighted by molar-refractivity contribution is 0.104. The molecule has 4 nitrogen and oxygen atoms in total. The van der Waals surface area contributed by atoms with Crippen molar-refractivity contribution in [3.63, 3.8) is 0 Å². The molecule has 0 saturated carbocycles. The van der Waals surface area contributed by atoms with Crippen LogP contribution in [-0.4, -0.2) is 23.4 Å². The topological polar surface area (TPSA) is 51.2 Å². The van der Waals surface area contributed by atoms with Crippen LogP contribution >= 0.6 is 0 Å². The first-order valence-corrected chi connectivity index (χ1v) is 7.61. The van der Waals surface area contributed by atoms with Crippen LogP contribution < -0.4 is 10.1 Å². The van der Waals surface area contributed by atoms with Crippen LogP contribution in [0.1, 0.15) is 35.5 Å². The van der Waals surface area contributed by atoms with Crippen LogP contribution in [0.5, 0.6) is 5.75 Å². The Hall–Kier alpha value is -2.62. The summed E-state index contributed by atoms with van der Waals surface area (Å²) < 4.78 is 5.32. The number of benzene rings is 1. The monoisotopic (exact) mass is 308 g/mol. The van der Waals surface area contributed by atoms with Crippen molar-refractivity contribution in [3.8, 4) is 5.75 Å². The Morgan fingerprint density at radius 2 is 2.13 bits per heavy atom. The van der Waals surface area contributed by atoms with E-state index in [9.17, 15) is 4.79 Å². The highest BCUT2D eigenvalue weighted by Crippen LogP contribution is 2.32. The fourth-order valence-corrected chi connectivity index (χ4v) is 2.87. The minimum Gasteiger partial charge on any atom is -0.497 e.